The van der Waals surface area contributed by atoms with Gasteiger partial charge in [0.05, 0.1) is 0 Å². The van der Waals surface area contributed by atoms with E-state index in [-0.39, 0.29) is 0 Å². The summed E-state index contributed by atoms with van der Waals surface area (Å²) in [4.78, 5) is 15.7. The minimum Gasteiger partial charge on any atom is -0.208 e. The largest absolute Gasteiger partial charge is 0.208 e. The number of hydrogen-bond acceptors (Lipinski definition) is 4. The molecule has 0 unspecified atom stereocenters. The van der Waals surface area contributed by atoms with Crippen LogP contribution >= 0.6 is 11.3 Å². The quantitative estimate of drug-likeness (QED) is 0.165. The van der Waals surface area contributed by atoms with Crippen LogP contribution in [0.1, 0.15) is 0 Å². The lowest BCUT2D eigenvalue weighted by atomic mass is 9.94. The van der Waals surface area contributed by atoms with E-state index in [2.05, 4.69) is 188 Å². The fourth-order valence-corrected chi connectivity index (χ4v) is 8.71. The molecule has 0 N–H and O–H groups in total. The topological polar surface area (TPSA) is 38.7 Å². The van der Waals surface area contributed by atoms with E-state index in [4.69, 9.17) is 15.0 Å². The Morgan fingerprint density at radius 2 is 0.745 bits per heavy atom. The number of thiophene rings is 1. The van der Waals surface area contributed by atoms with Crippen molar-refractivity contribution in [2.24, 2.45) is 0 Å². The van der Waals surface area contributed by atoms with Crippen LogP contribution in [0, 0.1) is 0 Å². The van der Waals surface area contributed by atoms with E-state index in [1.807, 2.05) is 23.5 Å². The Hall–Kier alpha value is -7.01. The van der Waals surface area contributed by atoms with Gasteiger partial charge in [-0.3, -0.25) is 0 Å². The molecule has 0 bridgehead atoms. The zero-order valence-corrected chi connectivity index (χ0v) is 30.6. The van der Waals surface area contributed by atoms with Crippen molar-refractivity contribution < 1.29 is 0 Å². The van der Waals surface area contributed by atoms with Gasteiger partial charge in [-0.25, -0.2) is 15.0 Å². The van der Waals surface area contributed by atoms with E-state index in [9.17, 15) is 0 Å². The van der Waals surface area contributed by atoms with E-state index >= 15 is 0 Å². The number of aromatic nitrogens is 3. The van der Waals surface area contributed by atoms with Crippen LogP contribution < -0.4 is 0 Å². The molecule has 0 radical (unpaired) electrons. The van der Waals surface area contributed by atoms with Crippen molar-refractivity contribution in [2.75, 3.05) is 0 Å². The predicted molar refractivity (Wildman–Crippen MR) is 231 cm³/mol. The van der Waals surface area contributed by atoms with Crippen LogP contribution in [0.5, 0.6) is 0 Å². The summed E-state index contributed by atoms with van der Waals surface area (Å²) in [6.45, 7) is 0. The number of rotatable bonds is 7. The van der Waals surface area contributed by atoms with Crippen LogP contribution in [-0.2, 0) is 0 Å². The summed E-state index contributed by atoms with van der Waals surface area (Å²) < 4.78 is 2.60. The Morgan fingerprint density at radius 3 is 1.45 bits per heavy atom. The van der Waals surface area contributed by atoms with Crippen molar-refractivity contribution in [3.8, 4) is 78.7 Å². The van der Waals surface area contributed by atoms with Crippen molar-refractivity contribution in [3.63, 3.8) is 0 Å². The monoisotopic (exact) mass is 719 g/mol. The molecule has 0 fully saturated rings. The summed E-state index contributed by atoms with van der Waals surface area (Å²) in [5.41, 5.74) is 11.8. The lowest BCUT2D eigenvalue weighted by Gasteiger charge is -2.15. The highest BCUT2D eigenvalue weighted by Crippen LogP contribution is 2.41. The molecule has 0 aliphatic heterocycles. The zero-order chi connectivity index (χ0) is 36.6. The van der Waals surface area contributed by atoms with E-state index in [1.54, 1.807) is 0 Å². The Balaban J connectivity index is 1.15. The smallest absolute Gasteiger partial charge is 0.164 e. The molecule has 258 valence electrons. The summed E-state index contributed by atoms with van der Waals surface area (Å²) in [6.07, 6.45) is 0. The van der Waals surface area contributed by atoms with Crippen molar-refractivity contribution in [1.82, 2.24) is 15.0 Å². The molecule has 0 aliphatic carbocycles. The molecule has 10 rings (SSSR count). The van der Waals surface area contributed by atoms with Crippen LogP contribution in [0.3, 0.4) is 0 Å². The maximum atomic E-state index is 5.27. The number of hydrogen-bond donors (Lipinski definition) is 0. The van der Waals surface area contributed by atoms with Crippen LogP contribution in [-0.4, -0.2) is 15.0 Å². The first-order valence-corrected chi connectivity index (χ1v) is 19.3. The van der Waals surface area contributed by atoms with Crippen LogP contribution in [0.15, 0.2) is 200 Å². The Morgan fingerprint density at radius 1 is 0.273 bits per heavy atom. The second-order valence-electron chi connectivity index (χ2n) is 13.6. The fourth-order valence-electron chi connectivity index (χ4n) is 7.47. The molecule has 55 heavy (non-hydrogen) atoms. The van der Waals surface area contributed by atoms with Gasteiger partial charge < -0.3 is 0 Å². The van der Waals surface area contributed by atoms with Crippen LogP contribution in [0.25, 0.3) is 98.8 Å². The molecule has 0 saturated heterocycles. The maximum absolute atomic E-state index is 5.27. The normalized spacial score (nSPS) is 11.3. The van der Waals surface area contributed by atoms with Crippen LogP contribution in [0.4, 0.5) is 0 Å². The number of nitrogens with zero attached hydrogens (tertiary/aromatic N) is 3. The molecule has 2 aromatic heterocycles. The second-order valence-corrected chi connectivity index (χ2v) is 14.6. The fraction of sp³-hybridized carbons (Fsp3) is 0. The standard InChI is InChI=1S/C51H33N3S/c1-4-15-34(16-5-1)39-31-32-45(46(33-39)36-19-8-3-9-20-36)51-53-49(52-50(54-51)44-23-11-10-21-40(44)35-17-6-2-7-18-35)38-29-27-37(28-30-38)41-24-14-25-43-42-22-12-13-26-47(42)55-48(41)43/h1-33H. The van der Waals surface area contributed by atoms with Gasteiger partial charge in [-0.2, -0.15) is 0 Å². The first-order chi connectivity index (χ1) is 27.3. The average molecular weight is 720 g/mol. The molecule has 0 spiro atoms. The first kappa shape index (κ1) is 32.6. The lowest BCUT2D eigenvalue weighted by Crippen LogP contribution is -2.02. The van der Waals surface area contributed by atoms with E-state index < -0.39 is 0 Å². The third kappa shape index (κ3) is 6.19. The average Bonchev–Trinajstić information content (AvgIpc) is 3.66. The van der Waals surface area contributed by atoms with Crippen molar-refractivity contribution >= 4 is 31.5 Å². The van der Waals surface area contributed by atoms with Crippen molar-refractivity contribution in [3.05, 3.63) is 200 Å². The molecular weight excluding hydrogens is 687 g/mol. The Kier molecular flexibility index (Phi) is 8.36. The number of fused-ring (bicyclic) bond motifs is 3. The maximum Gasteiger partial charge on any atom is 0.164 e. The molecule has 2 heterocycles. The Bertz CT molecular complexity index is 2950. The van der Waals surface area contributed by atoms with Gasteiger partial charge in [0, 0.05) is 36.9 Å². The van der Waals surface area contributed by atoms with Crippen molar-refractivity contribution in [1.29, 1.82) is 0 Å². The molecular formula is C51H33N3S. The predicted octanol–water partition coefficient (Wildman–Crippen LogP) is 13.9. The van der Waals surface area contributed by atoms with Gasteiger partial charge in [-0.1, -0.05) is 182 Å². The minimum atomic E-state index is 0.625. The van der Waals surface area contributed by atoms with Gasteiger partial charge in [0.1, 0.15) is 0 Å². The van der Waals surface area contributed by atoms with Crippen LogP contribution in [0.2, 0.25) is 0 Å². The van der Waals surface area contributed by atoms with Gasteiger partial charge in [0.2, 0.25) is 0 Å². The lowest BCUT2D eigenvalue weighted by molar-refractivity contribution is 1.07. The highest BCUT2D eigenvalue weighted by molar-refractivity contribution is 7.26. The third-order valence-electron chi connectivity index (χ3n) is 10.2. The van der Waals surface area contributed by atoms with E-state index in [0.29, 0.717) is 17.5 Å². The molecule has 0 atom stereocenters. The van der Waals surface area contributed by atoms with Gasteiger partial charge in [0.15, 0.2) is 17.5 Å². The summed E-state index contributed by atoms with van der Waals surface area (Å²) in [7, 11) is 0. The summed E-state index contributed by atoms with van der Waals surface area (Å²) in [6, 6.07) is 70.3. The number of benzene rings is 8. The van der Waals surface area contributed by atoms with Crippen molar-refractivity contribution in [2.45, 2.75) is 0 Å². The SMILES string of the molecule is c1ccc(-c2ccc(-c3nc(-c4ccc(-c5cccc6c5sc5ccccc56)cc4)nc(-c4ccccc4-c4ccccc4)n3)c(-c3ccccc3)c2)cc1. The highest BCUT2D eigenvalue weighted by atomic mass is 32.1. The first-order valence-electron chi connectivity index (χ1n) is 18.4. The highest BCUT2D eigenvalue weighted by Gasteiger charge is 2.19. The molecule has 3 nitrogen and oxygen atoms in total. The van der Waals surface area contributed by atoms with E-state index in [0.717, 1.165) is 55.6 Å². The molecule has 4 heteroatoms. The molecule has 0 amide bonds. The van der Waals surface area contributed by atoms with E-state index in [1.165, 1.54) is 25.7 Å². The summed E-state index contributed by atoms with van der Waals surface area (Å²) in [5.74, 6) is 1.88. The molecule has 0 saturated carbocycles. The van der Waals surface area contributed by atoms with Gasteiger partial charge in [-0.05, 0) is 62.7 Å². The molecule has 8 aromatic carbocycles. The summed E-state index contributed by atoms with van der Waals surface area (Å²) in [5, 5.41) is 2.59. The Labute approximate surface area is 323 Å². The summed E-state index contributed by atoms with van der Waals surface area (Å²) >= 11 is 1.85. The molecule has 0 aliphatic rings. The van der Waals surface area contributed by atoms with Gasteiger partial charge >= 0.3 is 0 Å². The minimum absolute atomic E-state index is 0.625. The van der Waals surface area contributed by atoms with Gasteiger partial charge in [-0.15, -0.1) is 11.3 Å². The van der Waals surface area contributed by atoms with Gasteiger partial charge in [0.25, 0.3) is 0 Å². The molecule has 10 aromatic rings. The zero-order valence-electron chi connectivity index (χ0n) is 29.8. The third-order valence-corrected chi connectivity index (χ3v) is 11.4. The second kappa shape index (κ2) is 14.1.